The number of anilines is 1. The molecule has 0 spiro atoms. The summed E-state index contributed by atoms with van der Waals surface area (Å²) in [5.74, 6) is -1.05. The Labute approximate surface area is 122 Å². The van der Waals surface area contributed by atoms with E-state index in [2.05, 4.69) is 20.7 Å². The van der Waals surface area contributed by atoms with E-state index in [-0.39, 0.29) is 6.42 Å². The third kappa shape index (κ3) is 2.54. The van der Waals surface area contributed by atoms with Gasteiger partial charge in [-0.15, -0.1) is 0 Å². The number of rotatable bonds is 3. The first-order valence-electron chi connectivity index (χ1n) is 6.42. The van der Waals surface area contributed by atoms with Crippen LogP contribution in [0, 0.1) is 6.92 Å². The second kappa shape index (κ2) is 5.43. The number of esters is 1. The van der Waals surface area contributed by atoms with E-state index in [9.17, 15) is 14.4 Å². The quantitative estimate of drug-likeness (QED) is 0.712. The summed E-state index contributed by atoms with van der Waals surface area (Å²) >= 11 is 0. The van der Waals surface area contributed by atoms with Crippen molar-refractivity contribution in [2.24, 2.45) is 0 Å². The average molecular weight is 291 g/mol. The van der Waals surface area contributed by atoms with Crippen LogP contribution in [0.2, 0.25) is 0 Å². The van der Waals surface area contributed by atoms with Gasteiger partial charge in [-0.25, -0.2) is 4.79 Å². The van der Waals surface area contributed by atoms with E-state index in [4.69, 9.17) is 0 Å². The number of fused-ring (bicyclic) bond motifs is 1. The molecule has 0 aromatic heterocycles. The third-order valence-electron chi connectivity index (χ3n) is 3.46. The zero-order chi connectivity index (χ0) is 15.6. The van der Waals surface area contributed by atoms with E-state index in [1.54, 1.807) is 12.1 Å². The number of urea groups is 1. The molecule has 0 saturated carbocycles. The Balaban J connectivity index is 2.51. The van der Waals surface area contributed by atoms with E-state index in [1.165, 1.54) is 14.2 Å². The van der Waals surface area contributed by atoms with Crippen molar-refractivity contribution in [3.63, 3.8) is 0 Å². The van der Waals surface area contributed by atoms with Gasteiger partial charge in [-0.3, -0.25) is 9.59 Å². The number of amides is 3. The highest BCUT2D eigenvalue weighted by molar-refractivity contribution is 6.09. The molecule has 2 rings (SSSR count). The van der Waals surface area contributed by atoms with Crippen molar-refractivity contribution < 1.29 is 19.1 Å². The lowest BCUT2D eigenvalue weighted by Crippen LogP contribution is -2.54. The summed E-state index contributed by atoms with van der Waals surface area (Å²) in [5, 5.41) is 7.66. The lowest BCUT2D eigenvalue weighted by Gasteiger charge is -2.27. The molecular formula is C14H17N3O4. The van der Waals surface area contributed by atoms with E-state index in [0.717, 1.165) is 5.56 Å². The van der Waals surface area contributed by atoms with Crippen molar-refractivity contribution in [2.75, 3.05) is 19.5 Å². The first-order valence-corrected chi connectivity index (χ1v) is 6.42. The molecule has 7 heteroatoms. The number of ether oxygens (including phenoxy) is 1. The Morgan fingerprint density at radius 2 is 2.10 bits per heavy atom. The molecule has 1 aromatic carbocycles. The molecule has 1 heterocycles. The Kier molecular flexibility index (Phi) is 3.84. The molecule has 21 heavy (non-hydrogen) atoms. The molecule has 0 fully saturated rings. The van der Waals surface area contributed by atoms with Crippen LogP contribution in [0.1, 0.15) is 17.5 Å². The van der Waals surface area contributed by atoms with Crippen molar-refractivity contribution in [2.45, 2.75) is 18.9 Å². The Hall–Kier alpha value is -2.57. The number of aryl methyl sites for hydroxylation is 1. The zero-order valence-corrected chi connectivity index (χ0v) is 12.1. The fourth-order valence-electron chi connectivity index (χ4n) is 2.37. The lowest BCUT2D eigenvalue weighted by molar-refractivity contribution is -0.144. The Bertz CT molecular complexity index is 594. The molecule has 0 bridgehead atoms. The third-order valence-corrected chi connectivity index (χ3v) is 3.46. The minimum absolute atomic E-state index is 0.279. The van der Waals surface area contributed by atoms with Crippen LogP contribution in [-0.4, -0.2) is 32.1 Å². The van der Waals surface area contributed by atoms with Crippen LogP contribution < -0.4 is 16.0 Å². The average Bonchev–Trinajstić information content (AvgIpc) is 2.70. The topological polar surface area (TPSA) is 96.5 Å². The minimum Gasteiger partial charge on any atom is -0.469 e. The predicted octanol–water partition coefficient (Wildman–Crippen LogP) is 0.635. The van der Waals surface area contributed by atoms with Crippen LogP contribution in [-0.2, 0) is 19.9 Å². The first kappa shape index (κ1) is 14.8. The van der Waals surface area contributed by atoms with Gasteiger partial charge in [0.2, 0.25) is 0 Å². The van der Waals surface area contributed by atoms with Gasteiger partial charge in [-0.2, -0.15) is 0 Å². The van der Waals surface area contributed by atoms with Crippen LogP contribution in [0.4, 0.5) is 10.5 Å². The monoisotopic (exact) mass is 291 g/mol. The van der Waals surface area contributed by atoms with Gasteiger partial charge in [0.15, 0.2) is 5.54 Å². The Morgan fingerprint density at radius 3 is 2.71 bits per heavy atom. The molecule has 3 N–H and O–H groups in total. The number of carbonyl (C=O) groups is 3. The molecular weight excluding hydrogens is 274 g/mol. The summed E-state index contributed by atoms with van der Waals surface area (Å²) < 4.78 is 4.65. The molecule has 1 atom stereocenters. The van der Waals surface area contributed by atoms with Gasteiger partial charge in [0, 0.05) is 18.3 Å². The van der Waals surface area contributed by atoms with Crippen molar-refractivity contribution in [1.29, 1.82) is 0 Å². The van der Waals surface area contributed by atoms with Crippen LogP contribution in [0.25, 0.3) is 0 Å². The smallest absolute Gasteiger partial charge is 0.315 e. The van der Waals surface area contributed by atoms with Gasteiger partial charge < -0.3 is 20.7 Å². The van der Waals surface area contributed by atoms with E-state index in [0.29, 0.717) is 11.3 Å². The molecule has 3 amide bonds. The summed E-state index contributed by atoms with van der Waals surface area (Å²) in [5.41, 5.74) is 0.631. The number of carbonyl (C=O) groups excluding carboxylic acids is 3. The molecule has 0 saturated heterocycles. The zero-order valence-electron chi connectivity index (χ0n) is 12.1. The molecule has 112 valence electrons. The van der Waals surface area contributed by atoms with Gasteiger partial charge in [-0.05, 0) is 18.6 Å². The highest BCUT2D eigenvalue weighted by Crippen LogP contribution is 2.39. The van der Waals surface area contributed by atoms with E-state index in [1.807, 2.05) is 13.0 Å². The number of hydrogen-bond acceptors (Lipinski definition) is 4. The maximum atomic E-state index is 12.4. The minimum atomic E-state index is -1.46. The van der Waals surface area contributed by atoms with Crippen molar-refractivity contribution in [1.82, 2.24) is 10.6 Å². The fourth-order valence-corrected chi connectivity index (χ4v) is 2.37. The van der Waals surface area contributed by atoms with Crippen LogP contribution in [0.3, 0.4) is 0 Å². The number of benzene rings is 1. The summed E-state index contributed by atoms with van der Waals surface area (Å²) in [6.45, 7) is 1.89. The number of methoxy groups -OCH3 is 1. The van der Waals surface area contributed by atoms with Gasteiger partial charge in [-0.1, -0.05) is 12.1 Å². The molecule has 0 aliphatic carbocycles. The summed E-state index contributed by atoms with van der Waals surface area (Å²) in [7, 11) is 2.67. The molecule has 1 aromatic rings. The highest BCUT2D eigenvalue weighted by Gasteiger charge is 2.49. The van der Waals surface area contributed by atoms with Gasteiger partial charge in [0.05, 0.1) is 13.5 Å². The van der Waals surface area contributed by atoms with E-state index >= 15 is 0 Å². The lowest BCUT2D eigenvalue weighted by atomic mass is 9.87. The number of nitrogens with one attached hydrogen (secondary N) is 3. The van der Waals surface area contributed by atoms with Gasteiger partial charge in [0.1, 0.15) is 0 Å². The Morgan fingerprint density at radius 1 is 1.38 bits per heavy atom. The predicted molar refractivity (Wildman–Crippen MR) is 75.7 cm³/mol. The first-order chi connectivity index (χ1) is 9.92. The molecule has 1 unspecified atom stereocenters. The van der Waals surface area contributed by atoms with Gasteiger partial charge >= 0.3 is 12.0 Å². The molecule has 1 aliphatic heterocycles. The van der Waals surface area contributed by atoms with Crippen LogP contribution in [0.15, 0.2) is 18.2 Å². The molecule has 7 nitrogen and oxygen atoms in total. The second-order valence-electron chi connectivity index (χ2n) is 4.87. The van der Waals surface area contributed by atoms with Crippen molar-refractivity contribution >= 4 is 23.6 Å². The maximum absolute atomic E-state index is 12.4. The van der Waals surface area contributed by atoms with Crippen LogP contribution >= 0.6 is 0 Å². The highest BCUT2D eigenvalue weighted by atomic mass is 16.5. The summed E-state index contributed by atoms with van der Waals surface area (Å²) in [4.78, 5) is 35.8. The second-order valence-corrected chi connectivity index (χ2v) is 4.87. The standard InChI is InChI=1S/C14H17N3O4/c1-8-4-5-9-10(6-8)16-12(19)14(9,7-11(18)21-3)17-13(20)15-2/h4-6H,7H2,1-3H3,(H,16,19)(H2,15,17,20). The normalized spacial score (nSPS) is 19.5. The van der Waals surface area contributed by atoms with Gasteiger partial charge in [0.25, 0.3) is 5.91 Å². The molecule has 1 aliphatic rings. The summed E-state index contributed by atoms with van der Waals surface area (Å²) in [6.07, 6.45) is -0.279. The van der Waals surface area contributed by atoms with Crippen LogP contribution in [0.5, 0.6) is 0 Å². The SMILES string of the molecule is CNC(=O)NC1(CC(=O)OC)C(=O)Nc2cc(C)ccc21. The van der Waals surface area contributed by atoms with Crippen molar-refractivity contribution in [3.05, 3.63) is 29.3 Å². The van der Waals surface area contributed by atoms with Crippen molar-refractivity contribution in [3.8, 4) is 0 Å². The molecule has 0 radical (unpaired) electrons. The van der Waals surface area contributed by atoms with E-state index < -0.39 is 23.4 Å². The largest absolute Gasteiger partial charge is 0.469 e. The maximum Gasteiger partial charge on any atom is 0.315 e. The number of hydrogen-bond donors (Lipinski definition) is 3. The summed E-state index contributed by atoms with van der Waals surface area (Å²) in [6, 6.07) is 4.78. The fraction of sp³-hybridized carbons (Fsp3) is 0.357.